The Kier molecular flexibility index (Phi) is 6.01. The number of benzene rings is 1. The molecule has 1 rings (SSSR count). The predicted octanol–water partition coefficient (Wildman–Crippen LogP) is 1.90. The van der Waals surface area contributed by atoms with Crippen molar-refractivity contribution < 1.29 is 19.4 Å². The molecule has 0 heterocycles. The average molecular weight is 291 g/mol. The van der Waals surface area contributed by atoms with Gasteiger partial charge in [-0.2, -0.15) is 5.26 Å². The van der Waals surface area contributed by atoms with Gasteiger partial charge in [0.1, 0.15) is 5.75 Å². The van der Waals surface area contributed by atoms with Crippen LogP contribution in [-0.2, 0) is 4.79 Å². The highest BCUT2D eigenvalue weighted by molar-refractivity contribution is 5.91. The molecule has 0 aliphatic rings. The number of amides is 2. The van der Waals surface area contributed by atoms with Crippen LogP contribution in [0.15, 0.2) is 18.2 Å². The summed E-state index contributed by atoms with van der Waals surface area (Å²) < 4.78 is 5.12. The van der Waals surface area contributed by atoms with Crippen molar-refractivity contribution in [3.8, 4) is 11.8 Å². The van der Waals surface area contributed by atoms with E-state index in [2.05, 4.69) is 5.32 Å². The quantitative estimate of drug-likeness (QED) is 0.833. The summed E-state index contributed by atoms with van der Waals surface area (Å²) in [5, 5.41) is 20.1. The predicted molar refractivity (Wildman–Crippen MR) is 76.2 cm³/mol. The number of carboxylic acid groups (broad SMARTS) is 1. The topological polar surface area (TPSA) is 103 Å². The van der Waals surface area contributed by atoms with Gasteiger partial charge in [0.25, 0.3) is 0 Å². The van der Waals surface area contributed by atoms with Crippen LogP contribution < -0.4 is 10.1 Å². The largest absolute Gasteiger partial charge is 0.495 e. The average Bonchev–Trinajstić information content (AvgIpc) is 2.47. The van der Waals surface area contributed by atoms with E-state index in [0.717, 1.165) is 0 Å². The monoisotopic (exact) mass is 291 g/mol. The number of ether oxygens (including phenoxy) is 1. The molecule has 0 radical (unpaired) electrons. The van der Waals surface area contributed by atoms with E-state index in [1.165, 1.54) is 18.1 Å². The third kappa shape index (κ3) is 4.69. The molecule has 0 bridgehead atoms. The van der Waals surface area contributed by atoms with Crippen LogP contribution >= 0.6 is 0 Å². The fraction of sp³-hybridized carbons (Fsp3) is 0.357. The first-order chi connectivity index (χ1) is 10.0. The molecule has 0 unspecified atom stereocenters. The zero-order chi connectivity index (χ0) is 15.8. The van der Waals surface area contributed by atoms with Gasteiger partial charge in [-0.3, -0.25) is 4.79 Å². The third-order valence-electron chi connectivity index (χ3n) is 2.84. The van der Waals surface area contributed by atoms with Crippen LogP contribution in [0.5, 0.6) is 5.75 Å². The van der Waals surface area contributed by atoms with Gasteiger partial charge in [-0.05, 0) is 19.1 Å². The third-order valence-corrected chi connectivity index (χ3v) is 2.84. The van der Waals surface area contributed by atoms with Gasteiger partial charge in [-0.25, -0.2) is 4.79 Å². The number of nitrogens with zero attached hydrogens (tertiary/aromatic N) is 2. The van der Waals surface area contributed by atoms with E-state index in [1.54, 1.807) is 19.1 Å². The molecule has 0 fully saturated rings. The molecule has 7 heteroatoms. The second-order valence-corrected chi connectivity index (χ2v) is 4.18. The van der Waals surface area contributed by atoms with Gasteiger partial charge in [0.05, 0.1) is 30.9 Å². The molecule has 112 valence electrons. The van der Waals surface area contributed by atoms with Gasteiger partial charge in [-0.15, -0.1) is 0 Å². The van der Waals surface area contributed by atoms with E-state index in [4.69, 9.17) is 15.1 Å². The Morgan fingerprint density at radius 1 is 1.48 bits per heavy atom. The van der Waals surface area contributed by atoms with Gasteiger partial charge in [0.2, 0.25) is 0 Å². The summed E-state index contributed by atoms with van der Waals surface area (Å²) >= 11 is 0. The number of anilines is 1. The fourth-order valence-electron chi connectivity index (χ4n) is 1.69. The summed E-state index contributed by atoms with van der Waals surface area (Å²) in [6, 6.07) is 6.21. The Bertz CT molecular complexity index is 566. The zero-order valence-electron chi connectivity index (χ0n) is 11.9. The number of methoxy groups -OCH3 is 1. The Balaban J connectivity index is 2.81. The fourth-order valence-corrected chi connectivity index (χ4v) is 1.69. The second-order valence-electron chi connectivity index (χ2n) is 4.18. The van der Waals surface area contributed by atoms with Crippen LogP contribution in [0.25, 0.3) is 0 Å². The van der Waals surface area contributed by atoms with Crippen LogP contribution in [0.4, 0.5) is 10.5 Å². The van der Waals surface area contributed by atoms with Crippen molar-refractivity contribution in [2.45, 2.75) is 13.3 Å². The van der Waals surface area contributed by atoms with E-state index in [9.17, 15) is 9.59 Å². The number of carbonyl (C=O) groups is 2. The van der Waals surface area contributed by atoms with Crippen molar-refractivity contribution >= 4 is 17.7 Å². The minimum atomic E-state index is -0.961. The highest BCUT2D eigenvalue weighted by Crippen LogP contribution is 2.25. The highest BCUT2D eigenvalue weighted by atomic mass is 16.5. The first-order valence-electron chi connectivity index (χ1n) is 6.37. The van der Waals surface area contributed by atoms with Crippen molar-refractivity contribution in [3.63, 3.8) is 0 Å². The van der Waals surface area contributed by atoms with Crippen molar-refractivity contribution in [1.82, 2.24) is 4.90 Å². The summed E-state index contributed by atoms with van der Waals surface area (Å²) in [5.74, 6) is -0.589. The van der Waals surface area contributed by atoms with Gasteiger partial charge >= 0.3 is 12.0 Å². The van der Waals surface area contributed by atoms with E-state index < -0.39 is 12.0 Å². The number of carboxylic acids is 1. The molecular weight excluding hydrogens is 274 g/mol. The molecule has 2 amide bonds. The number of hydrogen-bond acceptors (Lipinski definition) is 4. The van der Waals surface area contributed by atoms with E-state index >= 15 is 0 Å². The first kappa shape index (κ1) is 16.3. The molecule has 0 aromatic heterocycles. The molecule has 1 aromatic rings. The first-order valence-corrected chi connectivity index (χ1v) is 6.37. The molecule has 0 atom stereocenters. The summed E-state index contributed by atoms with van der Waals surface area (Å²) in [4.78, 5) is 24.0. The Hall–Kier alpha value is -2.75. The van der Waals surface area contributed by atoms with Gasteiger partial charge in [0, 0.05) is 19.2 Å². The summed E-state index contributed by atoms with van der Waals surface area (Å²) in [7, 11) is 1.44. The lowest BCUT2D eigenvalue weighted by molar-refractivity contribution is -0.137. The zero-order valence-corrected chi connectivity index (χ0v) is 11.9. The van der Waals surface area contributed by atoms with E-state index in [0.29, 0.717) is 23.5 Å². The number of nitrogens with one attached hydrogen (secondary N) is 1. The maximum absolute atomic E-state index is 12.1. The number of hydrogen-bond donors (Lipinski definition) is 2. The summed E-state index contributed by atoms with van der Waals surface area (Å²) in [6.07, 6.45) is -0.119. The highest BCUT2D eigenvalue weighted by Gasteiger charge is 2.15. The Labute approximate surface area is 122 Å². The van der Waals surface area contributed by atoms with Crippen molar-refractivity contribution in [2.24, 2.45) is 0 Å². The number of urea groups is 1. The molecule has 1 aromatic carbocycles. The van der Waals surface area contributed by atoms with Crippen LogP contribution in [0.3, 0.4) is 0 Å². The molecule has 0 aliphatic carbocycles. The molecule has 2 N–H and O–H groups in total. The normalized spacial score (nSPS) is 9.57. The van der Waals surface area contributed by atoms with Crippen LogP contribution in [-0.4, -0.2) is 42.2 Å². The molecule has 0 spiro atoms. The Morgan fingerprint density at radius 2 is 2.19 bits per heavy atom. The second kappa shape index (κ2) is 7.75. The molecule has 21 heavy (non-hydrogen) atoms. The lowest BCUT2D eigenvalue weighted by Gasteiger charge is -2.21. The number of aliphatic carboxylic acids is 1. The number of nitriles is 1. The minimum Gasteiger partial charge on any atom is -0.495 e. The lowest BCUT2D eigenvalue weighted by atomic mass is 10.2. The van der Waals surface area contributed by atoms with Crippen molar-refractivity contribution in [1.29, 1.82) is 5.26 Å². The van der Waals surface area contributed by atoms with Gasteiger partial charge in [0.15, 0.2) is 0 Å². The lowest BCUT2D eigenvalue weighted by Crippen LogP contribution is -2.36. The molecule has 0 saturated heterocycles. The SMILES string of the molecule is CCN(CCC(=O)O)C(=O)Nc1ccc(C#N)cc1OC. The van der Waals surface area contributed by atoms with Gasteiger partial charge < -0.3 is 20.1 Å². The maximum atomic E-state index is 12.1. The van der Waals surface area contributed by atoms with Crippen LogP contribution in [0, 0.1) is 11.3 Å². The maximum Gasteiger partial charge on any atom is 0.321 e. The van der Waals surface area contributed by atoms with E-state index in [-0.39, 0.29) is 13.0 Å². The molecule has 0 saturated carbocycles. The van der Waals surface area contributed by atoms with Crippen molar-refractivity contribution in [3.05, 3.63) is 23.8 Å². The van der Waals surface area contributed by atoms with Crippen molar-refractivity contribution in [2.75, 3.05) is 25.5 Å². The Morgan fingerprint density at radius 3 is 2.71 bits per heavy atom. The molecular formula is C14H17N3O4. The van der Waals surface area contributed by atoms with Gasteiger partial charge in [-0.1, -0.05) is 0 Å². The summed E-state index contributed by atoms with van der Waals surface area (Å²) in [5.41, 5.74) is 0.846. The summed E-state index contributed by atoms with van der Waals surface area (Å²) in [6.45, 7) is 2.27. The smallest absolute Gasteiger partial charge is 0.321 e. The van der Waals surface area contributed by atoms with Crippen LogP contribution in [0.2, 0.25) is 0 Å². The number of rotatable bonds is 6. The van der Waals surface area contributed by atoms with Crippen LogP contribution in [0.1, 0.15) is 18.9 Å². The van der Waals surface area contributed by atoms with E-state index in [1.807, 2.05) is 6.07 Å². The standard InChI is InChI=1S/C14H17N3O4/c1-3-17(7-6-13(18)19)14(20)16-11-5-4-10(9-15)8-12(11)21-2/h4-5,8H,3,6-7H2,1-2H3,(H,16,20)(H,18,19). The number of carbonyl (C=O) groups excluding carboxylic acids is 1. The molecule has 7 nitrogen and oxygen atoms in total. The minimum absolute atomic E-state index is 0.119. The molecule has 0 aliphatic heterocycles.